The Labute approximate surface area is 164 Å². The Morgan fingerprint density at radius 3 is 2.52 bits per heavy atom. The van der Waals surface area contributed by atoms with E-state index < -0.39 is 0 Å². The van der Waals surface area contributed by atoms with Crippen LogP contribution in [-0.2, 0) is 17.8 Å². The third kappa shape index (κ3) is 5.17. The minimum atomic E-state index is -0.0452. The molecule has 0 saturated carbocycles. The summed E-state index contributed by atoms with van der Waals surface area (Å²) in [4.78, 5) is 19.2. The lowest BCUT2D eigenvalue weighted by molar-refractivity contribution is -0.115. The molecule has 5 heteroatoms. The van der Waals surface area contributed by atoms with E-state index in [1.165, 1.54) is 5.56 Å². The van der Waals surface area contributed by atoms with Crippen LogP contribution in [0, 0.1) is 0 Å². The van der Waals surface area contributed by atoms with Crippen LogP contribution in [0.4, 0.5) is 11.4 Å². The number of benzene rings is 2. The summed E-state index contributed by atoms with van der Waals surface area (Å²) in [5.74, 6) is 0.343. The first-order valence-corrected chi connectivity index (χ1v) is 9.99. The van der Waals surface area contributed by atoms with Gasteiger partial charge in [0.15, 0.2) is 0 Å². The zero-order chi connectivity index (χ0) is 19.2. The van der Waals surface area contributed by atoms with Gasteiger partial charge in [-0.3, -0.25) is 4.79 Å². The lowest BCUT2D eigenvalue weighted by atomic mass is 10.2. The van der Waals surface area contributed by atoms with E-state index in [9.17, 15) is 4.79 Å². The Morgan fingerprint density at radius 2 is 1.81 bits per heavy atom. The number of anilines is 2. The van der Waals surface area contributed by atoms with Crippen molar-refractivity contribution in [3.8, 4) is 0 Å². The quantitative estimate of drug-likeness (QED) is 0.622. The largest absolute Gasteiger partial charge is 0.369 e. The molecule has 140 valence electrons. The lowest BCUT2D eigenvalue weighted by Crippen LogP contribution is -2.21. The van der Waals surface area contributed by atoms with Crippen molar-refractivity contribution in [1.82, 2.24) is 4.98 Å². The van der Waals surface area contributed by atoms with Crippen LogP contribution in [0.3, 0.4) is 0 Å². The van der Waals surface area contributed by atoms with Gasteiger partial charge in [0, 0.05) is 24.9 Å². The van der Waals surface area contributed by atoms with Gasteiger partial charge in [0.2, 0.25) is 5.91 Å². The molecule has 0 atom stereocenters. The van der Waals surface area contributed by atoms with E-state index in [-0.39, 0.29) is 5.91 Å². The van der Waals surface area contributed by atoms with Crippen molar-refractivity contribution >= 4 is 28.6 Å². The molecule has 0 aliphatic carbocycles. The smallest absolute Gasteiger partial charge is 0.230 e. The van der Waals surface area contributed by atoms with Gasteiger partial charge >= 0.3 is 0 Å². The molecule has 1 aromatic heterocycles. The molecule has 0 saturated heterocycles. The Balaban J connectivity index is 1.68. The van der Waals surface area contributed by atoms with Crippen LogP contribution in [0.1, 0.15) is 36.0 Å². The Bertz CT molecular complexity index is 889. The molecular formula is C22H25N3OS. The molecule has 3 aromatic rings. The first kappa shape index (κ1) is 19.1. The number of hydrogen-bond acceptors (Lipinski definition) is 4. The first-order valence-electron chi connectivity index (χ1n) is 9.11. The minimum Gasteiger partial charge on any atom is -0.369 e. The molecule has 1 amide bonds. The van der Waals surface area contributed by atoms with Crippen LogP contribution >= 0.6 is 11.3 Å². The van der Waals surface area contributed by atoms with E-state index in [0.29, 0.717) is 12.3 Å². The molecule has 2 aromatic carbocycles. The molecule has 0 radical (unpaired) electrons. The summed E-state index contributed by atoms with van der Waals surface area (Å²) in [6.45, 7) is 5.00. The molecule has 0 fully saturated rings. The van der Waals surface area contributed by atoms with Crippen molar-refractivity contribution in [2.24, 2.45) is 0 Å². The van der Waals surface area contributed by atoms with Crippen LogP contribution in [0.2, 0.25) is 0 Å². The number of carbonyl (C=O) groups is 1. The lowest BCUT2D eigenvalue weighted by Gasteiger charge is -2.22. The van der Waals surface area contributed by atoms with Gasteiger partial charge in [0.05, 0.1) is 28.5 Å². The Kier molecular flexibility index (Phi) is 6.24. The number of rotatable bonds is 7. The van der Waals surface area contributed by atoms with E-state index in [1.807, 2.05) is 54.9 Å². The SMILES string of the molecule is CC(C)c1nc(CC(=O)Nc2ccccc2N(C)Cc2ccccc2)cs1. The number of thiazole rings is 1. The second-order valence-corrected chi connectivity index (χ2v) is 7.81. The van der Waals surface area contributed by atoms with Gasteiger partial charge in [-0.05, 0) is 17.7 Å². The molecule has 0 aliphatic heterocycles. The summed E-state index contributed by atoms with van der Waals surface area (Å²) >= 11 is 1.62. The molecule has 3 rings (SSSR count). The molecule has 1 N–H and O–H groups in total. The van der Waals surface area contributed by atoms with Gasteiger partial charge in [0.25, 0.3) is 0 Å². The highest BCUT2D eigenvalue weighted by molar-refractivity contribution is 7.09. The van der Waals surface area contributed by atoms with E-state index in [0.717, 1.165) is 28.6 Å². The van der Waals surface area contributed by atoms with E-state index in [1.54, 1.807) is 11.3 Å². The van der Waals surface area contributed by atoms with Crippen LogP contribution < -0.4 is 10.2 Å². The molecule has 27 heavy (non-hydrogen) atoms. The summed E-state index contributed by atoms with van der Waals surface area (Å²) in [5, 5.41) is 6.09. The molecule has 0 unspecified atom stereocenters. The maximum Gasteiger partial charge on any atom is 0.230 e. The number of aromatic nitrogens is 1. The highest BCUT2D eigenvalue weighted by Crippen LogP contribution is 2.26. The molecule has 0 spiro atoms. The molecule has 4 nitrogen and oxygen atoms in total. The van der Waals surface area contributed by atoms with Crippen molar-refractivity contribution in [1.29, 1.82) is 0 Å². The predicted molar refractivity (Wildman–Crippen MR) is 114 cm³/mol. The monoisotopic (exact) mass is 379 g/mol. The fourth-order valence-corrected chi connectivity index (χ4v) is 3.72. The second-order valence-electron chi connectivity index (χ2n) is 6.92. The minimum absolute atomic E-state index is 0.0452. The molecule has 0 aliphatic rings. The van der Waals surface area contributed by atoms with Crippen LogP contribution in [-0.4, -0.2) is 17.9 Å². The molecule has 0 bridgehead atoms. The standard InChI is InChI=1S/C22H25N3OS/c1-16(2)22-23-18(15-27-22)13-21(26)24-19-11-7-8-12-20(19)25(3)14-17-9-5-4-6-10-17/h4-12,15-16H,13-14H2,1-3H3,(H,24,26). The van der Waals surface area contributed by atoms with Gasteiger partial charge in [-0.1, -0.05) is 56.3 Å². The normalized spacial score (nSPS) is 10.8. The predicted octanol–water partition coefficient (Wildman–Crippen LogP) is 5.08. The fraction of sp³-hybridized carbons (Fsp3) is 0.273. The Hall–Kier alpha value is -2.66. The zero-order valence-corrected chi connectivity index (χ0v) is 16.8. The highest BCUT2D eigenvalue weighted by atomic mass is 32.1. The summed E-state index contributed by atoms with van der Waals surface area (Å²) in [6, 6.07) is 18.2. The highest BCUT2D eigenvalue weighted by Gasteiger charge is 2.13. The first-order chi connectivity index (χ1) is 13.0. The maximum absolute atomic E-state index is 12.5. The molecular weight excluding hydrogens is 354 g/mol. The Morgan fingerprint density at radius 1 is 1.11 bits per heavy atom. The van der Waals surface area contributed by atoms with Crippen molar-refractivity contribution in [2.45, 2.75) is 32.7 Å². The third-order valence-corrected chi connectivity index (χ3v) is 5.45. The van der Waals surface area contributed by atoms with Crippen molar-refractivity contribution in [3.05, 3.63) is 76.2 Å². The maximum atomic E-state index is 12.5. The van der Waals surface area contributed by atoms with Crippen LogP contribution in [0.5, 0.6) is 0 Å². The number of nitrogens with one attached hydrogen (secondary N) is 1. The summed E-state index contributed by atoms with van der Waals surface area (Å²) < 4.78 is 0. The second kappa shape index (κ2) is 8.82. The number of hydrogen-bond donors (Lipinski definition) is 1. The summed E-state index contributed by atoms with van der Waals surface area (Å²) in [6.07, 6.45) is 0.292. The number of para-hydroxylation sites is 2. The average Bonchev–Trinajstić information content (AvgIpc) is 3.11. The van der Waals surface area contributed by atoms with Crippen LogP contribution in [0.25, 0.3) is 0 Å². The summed E-state index contributed by atoms with van der Waals surface area (Å²) in [7, 11) is 2.04. The van der Waals surface area contributed by atoms with Crippen molar-refractivity contribution < 1.29 is 4.79 Å². The van der Waals surface area contributed by atoms with Crippen molar-refractivity contribution in [3.63, 3.8) is 0 Å². The van der Waals surface area contributed by atoms with Gasteiger partial charge in [-0.15, -0.1) is 11.3 Å². The van der Waals surface area contributed by atoms with Gasteiger partial charge in [-0.2, -0.15) is 0 Å². The molecule has 1 heterocycles. The van der Waals surface area contributed by atoms with E-state index in [2.05, 4.69) is 41.2 Å². The van der Waals surface area contributed by atoms with E-state index in [4.69, 9.17) is 0 Å². The van der Waals surface area contributed by atoms with Gasteiger partial charge in [-0.25, -0.2) is 4.98 Å². The summed E-state index contributed by atoms with van der Waals surface area (Å²) in [5.41, 5.74) is 3.87. The number of carbonyl (C=O) groups excluding carboxylic acids is 1. The number of amides is 1. The van der Waals surface area contributed by atoms with Gasteiger partial charge < -0.3 is 10.2 Å². The number of nitrogens with zero attached hydrogens (tertiary/aromatic N) is 2. The fourth-order valence-electron chi connectivity index (χ4n) is 2.88. The topological polar surface area (TPSA) is 45.2 Å². The van der Waals surface area contributed by atoms with Gasteiger partial charge in [0.1, 0.15) is 0 Å². The van der Waals surface area contributed by atoms with E-state index >= 15 is 0 Å². The van der Waals surface area contributed by atoms with Crippen LogP contribution in [0.15, 0.2) is 60.0 Å². The van der Waals surface area contributed by atoms with Crippen molar-refractivity contribution in [2.75, 3.05) is 17.3 Å². The zero-order valence-electron chi connectivity index (χ0n) is 16.0. The average molecular weight is 380 g/mol. The third-order valence-electron chi connectivity index (χ3n) is 4.26.